The van der Waals surface area contributed by atoms with Crippen molar-refractivity contribution < 1.29 is 0 Å². The van der Waals surface area contributed by atoms with Crippen molar-refractivity contribution >= 4 is 0 Å². The molecule has 0 aliphatic carbocycles. The summed E-state index contributed by atoms with van der Waals surface area (Å²) in [6.07, 6.45) is 1.83. The molecule has 1 aromatic rings. The zero-order valence-corrected chi connectivity index (χ0v) is 8.98. The van der Waals surface area contributed by atoms with E-state index in [2.05, 4.69) is 16.8 Å². The number of rotatable bonds is 5. The Hall–Kier alpha value is -0.930. The van der Waals surface area contributed by atoms with Crippen molar-refractivity contribution in [1.29, 1.82) is 0 Å². The highest BCUT2D eigenvalue weighted by Gasteiger charge is 2.06. The molecule has 0 amide bonds. The van der Waals surface area contributed by atoms with E-state index in [1.54, 1.807) is 0 Å². The second kappa shape index (κ2) is 5.73. The quantitative estimate of drug-likeness (QED) is 0.765. The zero-order valence-electron chi connectivity index (χ0n) is 8.98. The molecule has 1 heterocycles. The monoisotopic (exact) mass is 193 g/mol. The minimum atomic E-state index is 0.221. The number of hydrogen-bond donors (Lipinski definition) is 1. The summed E-state index contributed by atoms with van der Waals surface area (Å²) in [5.41, 5.74) is 6.87. The van der Waals surface area contributed by atoms with Crippen molar-refractivity contribution in [2.75, 3.05) is 13.1 Å². The van der Waals surface area contributed by atoms with E-state index in [-0.39, 0.29) is 6.04 Å². The van der Waals surface area contributed by atoms with Gasteiger partial charge in [0.1, 0.15) is 0 Å². The van der Waals surface area contributed by atoms with E-state index in [9.17, 15) is 0 Å². The molecule has 3 nitrogen and oxygen atoms in total. The predicted octanol–water partition coefficient (Wildman–Crippen LogP) is 1.25. The summed E-state index contributed by atoms with van der Waals surface area (Å²) < 4.78 is 0. The minimum Gasteiger partial charge on any atom is -0.327 e. The van der Waals surface area contributed by atoms with Crippen molar-refractivity contribution in [1.82, 2.24) is 9.88 Å². The van der Waals surface area contributed by atoms with Crippen LogP contribution in [0.4, 0.5) is 0 Å². The molecule has 0 aromatic carbocycles. The van der Waals surface area contributed by atoms with Gasteiger partial charge in [-0.1, -0.05) is 13.0 Å². The summed E-state index contributed by atoms with van der Waals surface area (Å²) in [6.45, 7) is 7.00. The fourth-order valence-corrected chi connectivity index (χ4v) is 1.43. The molecule has 1 rings (SSSR count). The summed E-state index contributed by atoms with van der Waals surface area (Å²) in [6, 6.07) is 6.22. The van der Waals surface area contributed by atoms with E-state index in [4.69, 9.17) is 5.73 Å². The van der Waals surface area contributed by atoms with Crippen LogP contribution in [-0.4, -0.2) is 29.0 Å². The van der Waals surface area contributed by atoms with Crippen LogP contribution >= 0.6 is 0 Å². The summed E-state index contributed by atoms with van der Waals surface area (Å²) in [5.74, 6) is 0. The van der Waals surface area contributed by atoms with E-state index in [1.165, 1.54) is 0 Å². The Balaban J connectivity index is 2.48. The Labute approximate surface area is 85.9 Å². The molecule has 1 aromatic heterocycles. The number of likely N-dealkylation sites (N-methyl/N-ethyl adjacent to an activating group) is 1. The van der Waals surface area contributed by atoms with E-state index in [0.29, 0.717) is 0 Å². The van der Waals surface area contributed by atoms with Crippen LogP contribution in [0.3, 0.4) is 0 Å². The van der Waals surface area contributed by atoms with Crippen LogP contribution in [0.2, 0.25) is 0 Å². The Morgan fingerprint density at radius 2 is 2.29 bits per heavy atom. The third-order valence-electron chi connectivity index (χ3n) is 2.11. The molecule has 0 saturated heterocycles. The first kappa shape index (κ1) is 11.1. The van der Waals surface area contributed by atoms with E-state index in [1.807, 2.05) is 31.3 Å². The number of pyridine rings is 1. The minimum absolute atomic E-state index is 0.221. The molecule has 0 bridgehead atoms. The highest BCUT2D eigenvalue weighted by Crippen LogP contribution is 2.00. The lowest BCUT2D eigenvalue weighted by molar-refractivity contribution is 0.263. The summed E-state index contributed by atoms with van der Waals surface area (Å²) >= 11 is 0. The Morgan fingerprint density at radius 1 is 1.50 bits per heavy atom. The fourth-order valence-electron chi connectivity index (χ4n) is 1.43. The molecule has 0 spiro atoms. The van der Waals surface area contributed by atoms with Crippen molar-refractivity contribution in [3.63, 3.8) is 0 Å². The normalized spacial score (nSPS) is 13.1. The second-order valence-corrected chi connectivity index (χ2v) is 3.63. The second-order valence-electron chi connectivity index (χ2n) is 3.63. The lowest BCUT2D eigenvalue weighted by Gasteiger charge is -2.21. The van der Waals surface area contributed by atoms with Crippen LogP contribution in [0.5, 0.6) is 0 Å². The maximum absolute atomic E-state index is 5.76. The van der Waals surface area contributed by atoms with Gasteiger partial charge in [-0.3, -0.25) is 9.88 Å². The van der Waals surface area contributed by atoms with Gasteiger partial charge in [-0.25, -0.2) is 0 Å². The zero-order chi connectivity index (χ0) is 10.4. The molecule has 0 aliphatic rings. The average molecular weight is 193 g/mol. The number of nitrogens with two attached hydrogens (primary N) is 1. The maximum Gasteiger partial charge on any atom is 0.0543 e. The van der Waals surface area contributed by atoms with Crippen molar-refractivity contribution in [2.24, 2.45) is 5.73 Å². The maximum atomic E-state index is 5.76. The number of nitrogens with zero attached hydrogens (tertiary/aromatic N) is 2. The molecule has 0 aliphatic heterocycles. The smallest absolute Gasteiger partial charge is 0.0543 e. The molecule has 0 fully saturated rings. The summed E-state index contributed by atoms with van der Waals surface area (Å²) in [5, 5.41) is 0. The lowest BCUT2D eigenvalue weighted by atomic mass is 10.3. The fraction of sp³-hybridized carbons (Fsp3) is 0.545. The highest BCUT2D eigenvalue weighted by atomic mass is 15.1. The summed E-state index contributed by atoms with van der Waals surface area (Å²) in [4.78, 5) is 6.59. The van der Waals surface area contributed by atoms with Crippen LogP contribution < -0.4 is 5.73 Å². The van der Waals surface area contributed by atoms with Crippen molar-refractivity contribution in [3.05, 3.63) is 30.1 Å². The van der Waals surface area contributed by atoms with Crippen LogP contribution in [0.1, 0.15) is 19.5 Å². The van der Waals surface area contributed by atoms with Crippen LogP contribution in [0, 0.1) is 0 Å². The van der Waals surface area contributed by atoms with Crippen LogP contribution in [0.25, 0.3) is 0 Å². The highest BCUT2D eigenvalue weighted by molar-refractivity contribution is 5.03. The Bertz CT molecular complexity index is 246. The van der Waals surface area contributed by atoms with E-state index in [0.717, 1.165) is 25.3 Å². The van der Waals surface area contributed by atoms with Gasteiger partial charge in [0.25, 0.3) is 0 Å². The average Bonchev–Trinajstić information content (AvgIpc) is 2.17. The van der Waals surface area contributed by atoms with Crippen LogP contribution in [-0.2, 0) is 6.54 Å². The largest absolute Gasteiger partial charge is 0.327 e. The molecule has 14 heavy (non-hydrogen) atoms. The SMILES string of the molecule is CCN(Cc1ccccn1)C[C@@H](C)N. The van der Waals surface area contributed by atoms with Crippen LogP contribution in [0.15, 0.2) is 24.4 Å². The standard InChI is InChI=1S/C11H19N3/c1-3-14(8-10(2)12)9-11-6-4-5-7-13-11/h4-7,10H,3,8-9,12H2,1-2H3/t10-/m1/s1. The molecular weight excluding hydrogens is 174 g/mol. The first-order chi connectivity index (χ1) is 6.72. The van der Waals surface area contributed by atoms with Gasteiger partial charge in [0.15, 0.2) is 0 Å². The van der Waals surface area contributed by atoms with Gasteiger partial charge in [0.05, 0.1) is 5.69 Å². The third kappa shape index (κ3) is 3.85. The molecular formula is C11H19N3. The van der Waals surface area contributed by atoms with Gasteiger partial charge in [0, 0.05) is 25.3 Å². The van der Waals surface area contributed by atoms with Gasteiger partial charge in [-0.15, -0.1) is 0 Å². The third-order valence-corrected chi connectivity index (χ3v) is 2.11. The molecule has 2 N–H and O–H groups in total. The molecule has 1 atom stereocenters. The van der Waals surface area contributed by atoms with Crippen molar-refractivity contribution in [3.8, 4) is 0 Å². The number of aromatic nitrogens is 1. The molecule has 0 radical (unpaired) electrons. The van der Waals surface area contributed by atoms with E-state index >= 15 is 0 Å². The van der Waals surface area contributed by atoms with Gasteiger partial charge in [0.2, 0.25) is 0 Å². The Kier molecular flexibility index (Phi) is 4.56. The van der Waals surface area contributed by atoms with Gasteiger partial charge in [-0.2, -0.15) is 0 Å². The van der Waals surface area contributed by atoms with Gasteiger partial charge < -0.3 is 5.73 Å². The van der Waals surface area contributed by atoms with Gasteiger partial charge in [-0.05, 0) is 25.6 Å². The van der Waals surface area contributed by atoms with Gasteiger partial charge >= 0.3 is 0 Å². The first-order valence-electron chi connectivity index (χ1n) is 5.10. The lowest BCUT2D eigenvalue weighted by Crippen LogP contribution is -2.35. The predicted molar refractivity (Wildman–Crippen MR) is 58.8 cm³/mol. The van der Waals surface area contributed by atoms with E-state index < -0.39 is 0 Å². The Morgan fingerprint density at radius 3 is 2.79 bits per heavy atom. The topological polar surface area (TPSA) is 42.2 Å². The molecule has 0 saturated carbocycles. The van der Waals surface area contributed by atoms with Crippen molar-refractivity contribution in [2.45, 2.75) is 26.4 Å². The number of hydrogen-bond acceptors (Lipinski definition) is 3. The molecule has 3 heteroatoms. The summed E-state index contributed by atoms with van der Waals surface area (Å²) in [7, 11) is 0. The molecule has 78 valence electrons. The first-order valence-corrected chi connectivity index (χ1v) is 5.10. The molecule has 0 unspecified atom stereocenters.